The Bertz CT molecular complexity index is 432. The van der Waals surface area contributed by atoms with Gasteiger partial charge in [-0.2, -0.15) is 0 Å². The lowest BCUT2D eigenvalue weighted by molar-refractivity contribution is -0.118. The molecule has 0 atom stereocenters. The molecular weight excluding hydrogens is 211 g/mol. The van der Waals surface area contributed by atoms with Crippen LogP contribution in [0.4, 0.5) is 4.39 Å². The molecule has 1 aromatic rings. The number of aryl methyl sites for hydroxylation is 1. The number of halogens is 1. The van der Waals surface area contributed by atoms with E-state index in [1.54, 1.807) is 6.92 Å². The maximum atomic E-state index is 12.8. The Labute approximate surface area is 92.8 Å². The van der Waals surface area contributed by atoms with Crippen molar-refractivity contribution in [2.45, 2.75) is 6.92 Å². The van der Waals surface area contributed by atoms with Crippen molar-refractivity contribution < 1.29 is 14.0 Å². The van der Waals surface area contributed by atoms with Crippen LogP contribution >= 0.6 is 0 Å². The number of hydrogen-bond donors (Lipinski definition) is 1. The molecule has 0 aromatic heterocycles. The van der Waals surface area contributed by atoms with Crippen LogP contribution in [0.25, 0.3) is 0 Å². The smallest absolute Gasteiger partial charge is 0.254 e. The second-order valence-corrected chi connectivity index (χ2v) is 3.59. The van der Waals surface area contributed by atoms with Gasteiger partial charge in [0.05, 0.1) is 6.54 Å². The molecular formula is C11H13FN2O2. The van der Waals surface area contributed by atoms with Crippen LogP contribution in [0.5, 0.6) is 0 Å². The van der Waals surface area contributed by atoms with Crippen molar-refractivity contribution >= 4 is 11.8 Å². The van der Waals surface area contributed by atoms with Crippen LogP contribution in [0.15, 0.2) is 18.2 Å². The molecule has 16 heavy (non-hydrogen) atoms. The molecule has 0 bridgehead atoms. The molecule has 0 aliphatic heterocycles. The summed E-state index contributed by atoms with van der Waals surface area (Å²) in [7, 11) is 1.47. The number of rotatable bonds is 3. The molecule has 0 saturated heterocycles. The largest absolute Gasteiger partial charge is 0.368 e. The Morgan fingerprint density at radius 1 is 1.44 bits per heavy atom. The molecule has 1 aromatic carbocycles. The predicted octanol–water partition coefficient (Wildman–Crippen LogP) is 0.691. The standard InChI is InChI=1S/C11H13FN2O2/c1-7-5-8(12)3-4-9(7)11(16)14(2)6-10(13)15/h3-5H,6H2,1-2H3,(H2,13,15). The summed E-state index contributed by atoms with van der Waals surface area (Å²) in [5.74, 6) is -1.33. The lowest BCUT2D eigenvalue weighted by Gasteiger charge is -2.16. The van der Waals surface area contributed by atoms with Gasteiger partial charge in [-0.3, -0.25) is 9.59 Å². The van der Waals surface area contributed by atoms with Gasteiger partial charge in [0, 0.05) is 12.6 Å². The summed E-state index contributed by atoms with van der Waals surface area (Å²) >= 11 is 0. The normalized spacial score (nSPS) is 9.94. The summed E-state index contributed by atoms with van der Waals surface area (Å²) in [5, 5.41) is 0. The van der Waals surface area contributed by atoms with Crippen LogP contribution in [-0.2, 0) is 4.79 Å². The SMILES string of the molecule is Cc1cc(F)ccc1C(=O)N(C)CC(N)=O. The minimum Gasteiger partial charge on any atom is -0.368 e. The third kappa shape index (κ3) is 2.79. The van der Waals surface area contributed by atoms with Gasteiger partial charge in [-0.05, 0) is 30.7 Å². The predicted molar refractivity (Wildman–Crippen MR) is 57.3 cm³/mol. The van der Waals surface area contributed by atoms with Crippen molar-refractivity contribution in [3.05, 3.63) is 35.1 Å². The monoisotopic (exact) mass is 224 g/mol. The Balaban J connectivity index is 2.92. The van der Waals surface area contributed by atoms with E-state index in [4.69, 9.17) is 5.73 Å². The lowest BCUT2D eigenvalue weighted by atomic mass is 10.1. The van der Waals surface area contributed by atoms with E-state index in [0.717, 1.165) is 0 Å². The van der Waals surface area contributed by atoms with E-state index in [9.17, 15) is 14.0 Å². The van der Waals surface area contributed by atoms with E-state index in [1.165, 1.54) is 30.1 Å². The molecule has 0 fully saturated rings. The van der Waals surface area contributed by atoms with Gasteiger partial charge in [0.15, 0.2) is 0 Å². The zero-order valence-electron chi connectivity index (χ0n) is 9.16. The van der Waals surface area contributed by atoms with Gasteiger partial charge in [0.25, 0.3) is 5.91 Å². The molecule has 0 saturated carbocycles. The number of primary amides is 1. The van der Waals surface area contributed by atoms with Crippen LogP contribution in [0.3, 0.4) is 0 Å². The number of nitrogens with zero attached hydrogens (tertiary/aromatic N) is 1. The van der Waals surface area contributed by atoms with Crippen LogP contribution in [-0.4, -0.2) is 30.3 Å². The van der Waals surface area contributed by atoms with E-state index in [0.29, 0.717) is 11.1 Å². The lowest BCUT2D eigenvalue weighted by Crippen LogP contribution is -2.35. The molecule has 0 radical (unpaired) electrons. The van der Waals surface area contributed by atoms with Gasteiger partial charge in [-0.15, -0.1) is 0 Å². The van der Waals surface area contributed by atoms with E-state index >= 15 is 0 Å². The van der Waals surface area contributed by atoms with Gasteiger partial charge in [-0.1, -0.05) is 0 Å². The number of amides is 2. The molecule has 4 nitrogen and oxygen atoms in total. The number of hydrogen-bond acceptors (Lipinski definition) is 2. The first-order chi connectivity index (χ1) is 7.41. The summed E-state index contributed by atoms with van der Waals surface area (Å²) in [6, 6.07) is 3.87. The Hall–Kier alpha value is -1.91. The highest BCUT2D eigenvalue weighted by Crippen LogP contribution is 2.12. The first-order valence-electron chi connectivity index (χ1n) is 4.71. The topological polar surface area (TPSA) is 63.4 Å². The van der Waals surface area contributed by atoms with E-state index in [1.807, 2.05) is 0 Å². The highest BCUT2D eigenvalue weighted by Gasteiger charge is 2.15. The number of benzene rings is 1. The zero-order chi connectivity index (χ0) is 12.3. The van der Waals surface area contributed by atoms with E-state index in [2.05, 4.69) is 0 Å². The van der Waals surface area contributed by atoms with Gasteiger partial charge in [-0.25, -0.2) is 4.39 Å². The first kappa shape index (κ1) is 12.2. The minimum atomic E-state index is -0.587. The molecule has 0 unspecified atom stereocenters. The average Bonchev–Trinajstić information content (AvgIpc) is 2.15. The van der Waals surface area contributed by atoms with E-state index < -0.39 is 11.7 Å². The summed E-state index contributed by atoms with van der Waals surface area (Å²) in [6.45, 7) is 1.48. The molecule has 2 amide bonds. The summed E-state index contributed by atoms with van der Waals surface area (Å²) in [5.41, 5.74) is 5.87. The summed E-state index contributed by atoms with van der Waals surface area (Å²) in [6.07, 6.45) is 0. The third-order valence-corrected chi connectivity index (χ3v) is 2.16. The molecule has 5 heteroatoms. The average molecular weight is 224 g/mol. The minimum absolute atomic E-state index is 0.157. The maximum absolute atomic E-state index is 12.8. The van der Waals surface area contributed by atoms with Gasteiger partial charge >= 0.3 is 0 Å². The van der Waals surface area contributed by atoms with Crippen molar-refractivity contribution in [3.8, 4) is 0 Å². The fraction of sp³-hybridized carbons (Fsp3) is 0.273. The van der Waals surface area contributed by atoms with Crippen LogP contribution < -0.4 is 5.73 Å². The molecule has 0 aliphatic rings. The van der Waals surface area contributed by atoms with Gasteiger partial charge < -0.3 is 10.6 Å². The van der Waals surface area contributed by atoms with Crippen LogP contribution in [0.2, 0.25) is 0 Å². The van der Waals surface area contributed by atoms with Crippen molar-refractivity contribution in [2.24, 2.45) is 5.73 Å². The Kier molecular flexibility index (Phi) is 3.60. The number of carbonyl (C=O) groups is 2. The highest BCUT2D eigenvalue weighted by molar-refractivity contribution is 5.97. The summed E-state index contributed by atoms with van der Waals surface area (Å²) in [4.78, 5) is 23.7. The molecule has 86 valence electrons. The number of nitrogens with two attached hydrogens (primary N) is 1. The molecule has 1 rings (SSSR count). The zero-order valence-corrected chi connectivity index (χ0v) is 9.16. The Morgan fingerprint density at radius 2 is 2.06 bits per heavy atom. The summed E-state index contributed by atoms with van der Waals surface area (Å²) < 4.78 is 12.8. The van der Waals surface area contributed by atoms with Crippen LogP contribution in [0, 0.1) is 12.7 Å². The van der Waals surface area contributed by atoms with Crippen LogP contribution in [0.1, 0.15) is 15.9 Å². The van der Waals surface area contributed by atoms with Crippen molar-refractivity contribution in [3.63, 3.8) is 0 Å². The fourth-order valence-electron chi connectivity index (χ4n) is 1.38. The van der Waals surface area contributed by atoms with Gasteiger partial charge in [0.1, 0.15) is 5.82 Å². The fourth-order valence-corrected chi connectivity index (χ4v) is 1.38. The molecule has 0 heterocycles. The molecule has 2 N–H and O–H groups in total. The third-order valence-electron chi connectivity index (χ3n) is 2.16. The van der Waals surface area contributed by atoms with Crippen molar-refractivity contribution in [1.29, 1.82) is 0 Å². The quantitative estimate of drug-likeness (QED) is 0.821. The van der Waals surface area contributed by atoms with Crippen molar-refractivity contribution in [2.75, 3.05) is 13.6 Å². The Morgan fingerprint density at radius 3 is 2.56 bits per heavy atom. The maximum Gasteiger partial charge on any atom is 0.254 e. The second-order valence-electron chi connectivity index (χ2n) is 3.59. The molecule has 0 spiro atoms. The highest BCUT2D eigenvalue weighted by atomic mass is 19.1. The van der Waals surface area contributed by atoms with E-state index in [-0.39, 0.29) is 12.5 Å². The number of carbonyl (C=O) groups excluding carboxylic acids is 2. The van der Waals surface area contributed by atoms with Gasteiger partial charge in [0.2, 0.25) is 5.91 Å². The first-order valence-corrected chi connectivity index (χ1v) is 4.71. The van der Waals surface area contributed by atoms with Crippen molar-refractivity contribution in [1.82, 2.24) is 4.90 Å². The second kappa shape index (κ2) is 4.74. The molecule has 0 aliphatic carbocycles. The number of likely N-dealkylation sites (N-methyl/N-ethyl adjacent to an activating group) is 1.